The number of rotatable bonds is 7. The monoisotopic (exact) mass is 458 g/mol. The number of hydrogen-bond donors (Lipinski definition) is 2. The highest BCUT2D eigenvalue weighted by Crippen LogP contribution is 2.21. The van der Waals surface area contributed by atoms with E-state index in [1.54, 1.807) is 25.5 Å². The van der Waals surface area contributed by atoms with Gasteiger partial charge in [-0.3, -0.25) is 14.9 Å². The Labute approximate surface area is 197 Å². The first-order valence-corrected chi connectivity index (χ1v) is 10.8. The Balaban J connectivity index is 1.57. The summed E-state index contributed by atoms with van der Waals surface area (Å²) in [6.45, 7) is 7.33. The van der Waals surface area contributed by atoms with Crippen molar-refractivity contribution in [3.63, 3.8) is 0 Å². The maximum Gasteiger partial charge on any atom is 0.289 e. The molecule has 0 bridgehead atoms. The lowest BCUT2D eigenvalue weighted by molar-refractivity contribution is -0.121. The molecule has 0 radical (unpaired) electrons. The fraction of sp³-hybridized carbons (Fsp3) is 0.240. The lowest BCUT2D eigenvalue weighted by Crippen LogP contribution is -2.52. The van der Waals surface area contributed by atoms with Gasteiger partial charge in [-0.05, 0) is 33.3 Å². The van der Waals surface area contributed by atoms with Crippen molar-refractivity contribution in [2.75, 3.05) is 5.32 Å². The first-order chi connectivity index (χ1) is 16.2. The predicted octanol–water partition coefficient (Wildman–Crippen LogP) is 3.75. The Kier molecular flexibility index (Phi) is 6.27. The molecule has 0 fully saturated rings. The highest BCUT2D eigenvalue weighted by molar-refractivity contribution is 6.02. The molecule has 9 nitrogen and oxygen atoms in total. The van der Waals surface area contributed by atoms with Gasteiger partial charge in [0.05, 0.1) is 12.2 Å². The highest BCUT2D eigenvalue weighted by atomic mass is 16.3. The van der Waals surface area contributed by atoms with Crippen LogP contribution >= 0.6 is 0 Å². The zero-order valence-corrected chi connectivity index (χ0v) is 19.5. The van der Waals surface area contributed by atoms with Crippen LogP contribution in [0.5, 0.6) is 0 Å². The molecule has 0 atom stereocenters. The summed E-state index contributed by atoms with van der Waals surface area (Å²) in [4.78, 5) is 34.0. The number of carbonyl (C=O) groups excluding carboxylic acids is 2. The Morgan fingerprint density at radius 1 is 1.03 bits per heavy atom. The number of nitrogens with zero attached hydrogens (tertiary/aromatic N) is 4. The van der Waals surface area contributed by atoms with Crippen molar-refractivity contribution >= 4 is 17.8 Å². The first-order valence-electron chi connectivity index (χ1n) is 10.8. The second-order valence-corrected chi connectivity index (χ2v) is 8.57. The largest absolute Gasteiger partial charge is 0.438 e. The van der Waals surface area contributed by atoms with Gasteiger partial charge in [0.1, 0.15) is 5.54 Å². The molecule has 4 rings (SSSR count). The number of anilines is 1. The molecule has 0 saturated heterocycles. The van der Waals surface area contributed by atoms with Gasteiger partial charge < -0.3 is 9.73 Å². The van der Waals surface area contributed by atoms with Crippen molar-refractivity contribution in [3.05, 3.63) is 83.6 Å². The zero-order chi connectivity index (χ0) is 24.3. The van der Waals surface area contributed by atoms with E-state index in [0.29, 0.717) is 18.1 Å². The van der Waals surface area contributed by atoms with Gasteiger partial charge in [0.2, 0.25) is 11.7 Å². The Hall–Kier alpha value is -4.27. The Morgan fingerprint density at radius 2 is 1.74 bits per heavy atom. The summed E-state index contributed by atoms with van der Waals surface area (Å²) in [6, 6.07) is 17.8. The van der Waals surface area contributed by atoms with Gasteiger partial charge in [0.15, 0.2) is 12.2 Å². The molecule has 4 aromatic rings. The van der Waals surface area contributed by atoms with Crippen LogP contribution in [0.1, 0.15) is 41.2 Å². The van der Waals surface area contributed by atoms with Crippen LogP contribution in [0.25, 0.3) is 11.4 Å². The van der Waals surface area contributed by atoms with Crippen LogP contribution in [0.2, 0.25) is 0 Å². The fourth-order valence-corrected chi connectivity index (χ4v) is 3.35. The third-order valence-corrected chi connectivity index (χ3v) is 5.33. The fourth-order valence-electron chi connectivity index (χ4n) is 3.35. The van der Waals surface area contributed by atoms with Crippen LogP contribution in [-0.2, 0) is 11.3 Å². The lowest BCUT2D eigenvalue weighted by atomic mass is 10.0. The van der Waals surface area contributed by atoms with Crippen molar-refractivity contribution in [1.29, 1.82) is 0 Å². The SMILES string of the molecule is Cc1ccc(-c2nc(NC(=O)C(C)(C)NC(=O)c3ocnc3C)nn2Cc2ccccc2)cc1. The minimum atomic E-state index is -1.26. The van der Waals surface area contributed by atoms with Gasteiger partial charge >= 0.3 is 0 Å². The minimum Gasteiger partial charge on any atom is -0.438 e. The minimum absolute atomic E-state index is 0.0628. The van der Waals surface area contributed by atoms with Crippen molar-refractivity contribution in [1.82, 2.24) is 25.1 Å². The zero-order valence-electron chi connectivity index (χ0n) is 19.5. The van der Waals surface area contributed by atoms with E-state index in [4.69, 9.17) is 4.42 Å². The third kappa shape index (κ3) is 5.03. The summed E-state index contributed by atoms with van der Waals surface area (Å²) in [5.41, 5.74) is 2.24. The topological polar surface area (TPSA) is 115 Å². The third-order valence-electron chi connectivity index (χ3n) is 5.33. The molecule has 0 aliphatic rings. The second kappa shape index (κ2) is 9.30. The van der Waals surface area contributed by atoms with Crippen molar-refractivity contribution in [2.24, 2.45) is 0 Å². The number of oxazole rings is 1. The van der Waals surface area contributed by atoms with Crippen molar-refractivity contribution < 1.29 is 14.0 Å². The quantitative estimate of drug-likeness (QED) is 0.436. The van der Waals surface area contributed by atoms with E-state index in [1.807, 2.05) is 61.5 Å². The maximum atomic E-state index is 13.0. The van der Waals surface area contributed by atoms with E-state index < -0.39 is 17.4 Å². The van der Waals surface area contributed by atoms with Crippen LogP contribution in [0.4, 0.5) is 5.95 Å². The van der Waals surface area contributed by atoms with E-state index in [1.165, 1.54) is 6.39 Å². The van der Waals surface area contributed by atoms with Gasteiger partial charge in [-0.25, -0.2) is 9.67 Å². The average Bonchev–Trinajstić information content (AvgIpc) is 3.40. The maximum absolute atomic E-state index is 13.0. The van der Waals surface area contributed by atoms with E-state index >= 15 is 0 Å². The van der Waals surface area contributed by atoms with Gasteiger partial charge in [-0.15, -0.1) is 5.10 Å². The Morgan fingerprint density at radius 3 is 2.38 bits per heavy atom. The number of nitrogens with one attached hydrogen (secondary N) is 2. The number of hydrogen-bond acceptors (Lipinski definition) is 6. The van der Waals surface area contributed by atoms with Crippen LogP contribution in [0, 0.1) is 13.8 Å². The van der Waals surface area contributed by atoms with Crippen molar-refractivity contribution in [2.45, 2.75) is 39.8 Å². The Bertz CT molecular complexity index is 1310. The van der Waals surface area contributed by atoms with Gasteiger partial charge in [0.25, 0.3) is 11.8 Å². The number of carbonyl (C=O) groups is 2. The summed E-state index contributed by atoms with van der Waals surface area (Å²) in [6.07, 6.45) is 1.19. The molecule has 0 saturated carbocycles. The van der Waals surface area contributed by atoms with Crippen LogP contribution in [0.3, 0.4) is 0 Å². The van der Waals surface area contributed by atoms with Gasteiger partial charge in [-0.1, -0.05) is 60.2 Å². The predicted molar refractivity (Wildman–Crippen MR) is 127 cm³/mol. The average molecular weight is 459 g/mol. The van der Waals surface area contributed by atoms with E-state index in [0.717, 1.165) is 16.7 Å². The molecule has 0 unspecified atom stereocenters. The van der Waals surface area contributed by atoms with Crippen LogP contribution in [-0.4, -0.2) is 37.1 Å². The summed E-state index contributed by atoms with van der Waals surface area (Å²) >= 11 is 0. The summed E-state index contributed by atoms with van der Waals surface area (Å²) in [5, 5.41) is 9.94. The van der Waals surface area contributed by atoms with Gasteiger partial charge in [-0.2, -0.15) is 4.98 Å². The molecule has 34 heavy (non-hydrogen) atoms. The number of amides is 2. The standard InChI is InChI=1S/C25H26N6O3/c1-16-10-12-19(13-11-16)21-27-24(30-31(21)14-18-8-6-5-7-9-18)28-23(33)25(3,4)29-22(32)20-17(2)26-15-34-20/h5-13,15H,14H2,1-4H3,(H,29,32)(H,28,30,33). The molecule has 0 aliphatic heterocycles. The van der Waals surface area contributed by atoms with E-state index in [-0.39, 0.29) is 11.7 Å². The molecule has 0 aliphatic carbocycles. The number of aromatic nitrogens is 4. The molecule has 2 aromatic heterocycles. The molecule has 2 amide bonds. The van der Waals surface area contributed by atoms with Gasteiger partial charge in [0, 0.05) is 5.56 Å². The van der Waals surface area contributed by atoms with Crippen LogP contribution in [0.15, 0.2) is 65.4 Å². The van der Waals surface area contributed by atoms with Crippen LogP contribution < -0.4 is 10.6 Å². The molecule has 2 aromatic carbocycles. The number of benzene rings is 2. The van der Waals surface area contributed by atoms with Crippen molar-refractivity contribution in [3.8, 4) is 11.4 Å². The molecule has 174 valence electrons. The molecular weight excluding hydrogens is 432 g/mol. The molecular formula is C25H26N6O3. The summed E-state index contributed by atoms with van der Waals surface area (Å²) in [7, 11) is 0. The summed E-state index contributed by atoms with van der Waals surface area (Å²) < 4.78 is 6.87. The number of aryl methyl sites for hydroxylation is 2. The molecule has 0 spiro atoms. The lowest BCUT2D eigenvalue weighted by Gasteiger charge is -2.23. The first kappa shape index (κ1) is 22.9. The van der Waals surface area contributed by atoms with E-state index in [9.17, 15) is 9.59 Å². The highest BCUT2D eigenvalue weighted by Gasteiger charge is 2.32. The van der Waals surface area contributed by atoms with E-state index in [2.05, 4.69) is 25.7 Å². The molecule has 9 heteroatoms. The molecule has 2 N–H and O–H groups in total. The second-order valence-electron chi connectivity index (χ2n) is 8.57. The normalized spacial score (nSPS) is 11.3. The summed E-state index contributed by atoms with van der Waals surface area (Å²) in [5.74, 6) is -0.163. The smallest absolute Gasteiger partial charge is 0.289 e. The molecule has 2 heterocycles.